The van der Waals surface area contributed by atoms with Crippen molar-refractivity contribution in [2.24, 2.45) is 0 Å². The molecule has 0 unspecified atom stereocenters. The summed E-state index contributed by atoms with van der Waals surface area (Å²) in [6, 6.07) is 15.0. The first kappa shape index (κ1) is 20.4. The molecule has 1 N–H and O–H groups in total. The molecular formula is C22H17ClFNO4. The number of esters is 1. The maximum absolute atomic E-state index is 13.0. The van der Waals surface area contributed by atoms with Gasteiger partial charge >= 0.3 is 5.97 Å². The summed E-state index contributed by atoms with van der Waals surface area (Å²) in [6.07, 6.45) is 2.84. The van der Waals surface area contributed by atoms with Crippen molar-refractivity contribution in [1.29, 1.82) is 0 Å². The Kier molecular flexibility index (Phi) is 6.46. The Morgan fingerprint density at radius 2 is 1.83 bits per heavy atom. The molecule has 0 aliphatic carbocycles. The number of hydrogen-bond acceptors (Lipinski definition) is 4. The van der Waals surface area contributed by atoms with Crippen LogP contribution in [-0.4, -0.2) is 25.6 Å². The first-order chi connectivity index (χ1) is 13.9. The summed E-state index contributed by atoms with van der Waals surface area (Å²) in [7, 11) is 1.61. The highest BCUT2D eigenvalue weighted by Gasteiger charge is 2.09. The number of hydrogen-bond donors (Lipinski definition) is 1. The van der Waals surface area contributed by atoms with Crippen LogP contribution in [-0.2, 0) is 14.3 Å². The lowest BCUT2D eigenvalue weighted by molar-refractivity contribution is -0.142. The molecule has 29 heavy (non-hydrogen) atoms. The highest BCUT2D eigenvalue weighted by atomic mass is 35.5. The molecule has 0 fully saturated rings. The van der Waals surface area contributed by atoms with Gasteiger partial charge < -0.3 is 14.8 Å². The number of anilines is 1. The minimum atomic E-state index is -0.666. The summed E-state index contributed by atoms with van der Waals surface area (Å²) in [5.41, 5.74) is 1.04. The van der Waals surface area contributed by atoms with E-state index in [1.807, 2.05) is 36.4 Å². The molecule has 3 aromatic carbocycles. The topological polar surface area (TPSA) is 64.6 Å². The summed E-state index contributed by atoms with van der Waals surface area (Å²) in [5, 5.41) is 4.51. The average Bonchev–Trinajstić information content (AvgIpc) is 2.72. The molecule has 0 aromatic heterocycles. The van der Waals surface area contributed by atoms with Crippen molar-refractivity contribution in [2.75, 3.05) is 19.0 Å². The third kappa shape index (κ3) is 5.56. The van der Waals surface area contributed by atoms with Gasteiger partial charge in [0.05, 0.1) is 17.8 Å². The molecule has 148 valence electrons. The molecule has 5 nitrogen and oxygen atoms in total. The number of fused-ring (bicyclic) bond motifs is 1. The number of amides is 1. The van der Waals surface area contributed by atoms with E-state index >= 15 is 0 Å². The summed E-state index contributed by atoms with van der Waals surface area (Å²) >= 11 is 5.83. The maximum Gasteiger partial charge on any atom is 0.331 e. The molecule has 0 aliphatic rings. The third-order valence-electron chi connectivity index (χ3n) is 4.03. The van der Waals surface area contributed by atoms with Gasteiger partial charge in [0.2, 0.25) is 0 Å². The molecule has 7 heteroatoms. The monoisotopic (exact) mass is 413 g/mol. The van der Waals surface area contributed by atoms with Crippen LogP contribution in [0.4, 0.5) is 10.1 Å². The van der Waals surface area contributed by atoms with Crippen LogP contribution in [0.1, 0.15) is 5.56 Å². The van der Waals surface area contributed by atoms with Crippen molar-refractivity contribution in [3.8, 4) is 5.75 Å². The number of benzene rings is 3. The van der Waals surface area contributed by atoms with E-state index in [1.165, 1.54) is 12.1 Å². The molecular weight excluding hydrogens is 397 g/mol. The normalized spacial score (nSPS) is 10.9. The predicted octanol–water partition coefficient (Wildman–Crippen LogP) is 4.84. The van der Waals surface area contributed by atoms with Gasteiger partial charge in [-0.15, -0.1) is 0 Å². The van der Waals surface area contributed by atoms with E-state index in [-0.39, 0.29) is 10.7 Å². The van der Waals surface area contributed by atoms with Gasteiger partial charge in [-0.1, -0.05) is 29.8 Å². The number of methoxy groups -OCH3 is 1. The van der Waals surface area contributed by atoms with Crippen molar-refractivity contribution in [1.82, 2.24) is 0 Å². The van der Waals surface area contributed by atoms with Gasteiger partial charge in [0.25, 0.3) is 5.91 Å². The van der Waals surface area contributed by atoms with Crippen molar-refractivity contribution < 1.29 is 23.5 Å². The zero-order valence-electron chi connectivity index (χ0n) is 15.4. The molecule has 0 spiro atoms. The molecule has 3 aromatic rings. The summed E-state index contributed by atoms with van der Waals surface area (Å²) in [4.78, 5) is 23.7. The molecule has 0 bridgehead atoms. The van der Waals surface area contributed by atoms with Gasteiger partial charge in [-0.3, -0.25) is 4.79 Å². The Bertz CT molecular complexity index is 1100. The van der Waals surface area contributed by atoms with Crippen LogP contribution in [0.2, 0.25) is 5.02 Å². The largest absolute Gasteiger partial charge is 0.497 e. The van der Waals surface area contributed by atoms with E-state index in [4.69, 9.17) is 21.1 Å². The van der Waals surface area contributed by atoms with E-state index in [0.717, 1.165) is 34.2 Å². The lowest BCUT2D eigenvalue weighted by atomic mass is 10.1. The average molecular weight is 414 g/mol. The Morgan fingerprint density at radius 1 is 1.07 bits per heavy atom. The summed E-state index contributed by atoms with van der Waals surface area (Å²) < 4.78 is 23.1. The molecule has 0 radical (unpaired) electrons. The van der Waals surface area contributed by atoms with E-state index in [0.29, 0.717) is 0 Å². The number of carbonyl (C=O) groups excluding carboxylic acids is 2. The first-order valence-electron chi connectivity index (χ1n) is 8.62. The SMILES string of the molecule is COc1ccc2cc(/C=C/C(=O)OCC(=O)Nc3ccc(F)cc3Cl)ccc2c1. The van der Waals surface area contributed by atoms with Gasteiger partial charge in [-0.25, -0.2) is 9.18 Å². The third-order valence-corrected chi connectivity index (χ3v) is 4.35. The van der Waals surface area contributed by atoms with E-state index in [9.17, 15) is 14.0 Å². The molecule has 0 atom stereocenters. The van der Waals surface area contributed by atoms with Gasteiger partial charge in [0.1, 0.15) is 11.6 Å². The molecule has 3 rings (SSSR count). The summed E-state index contributed by atoms with van der Waals surface area (Å²) in [6.45, 7) is -0.492. The van der Waals surface area contributed by atoms with Crippen LogP contribution >= 0.6 is 11.6 Å². The van der Waals surface area contributed by atoms with E-state index < -0.39 is 24.3 Å². The van der Waals surface area contributed by atoms with E-state index in [2.05, 4.69) is 5.32 Å². The van der Waals surface area contributed by atoms with Gasteiger partial charge in [0, 0.05) is 6.08 Å². The second kappa shape index (κ2) is 9.21. The Labute approximate surface area is 171 Å². The fourth-order valence-electron chi connectivity index (χ4n) is 2.60. The lowest BCUT2D eigenvalue weighted by Gasteiger charge is -2.07. The zero-order chi connectivity index (χ0) is 20.8. The molecule has 0 aliphatic heterocycles. The number of carbonyl (C=O) groups is 2. The molecule has 0 saturated heterocycles. The second-order valence-electron chi connectivity index (χ2n) is 6.09. The minimum Gasteiger partial charge on any atom is -0.497 e. The highest BCUT2D eigenvalue weighted by Crippen LogP contribution is 2.23. The molecule has 0 heterocycles. The summed E-state index contributed by atoms with van der Waals surface area (Å²) in [5.74, 6) is -0.998. The van der Waals surface area contributed by atoms with Gasteiger partial charge in [0.15, 0.2) is 6.61 Å². The first-order valence-corrected chi connectivity index (χ1v) is 9.00. The van der Waals surface area contributed by atoms with Crippen molar-refractivity contribution >= 4 is 46.0 Å². The van der Waals surface area contributed by atoms with Gasteiger partial charge in [-0.05, 0) is 58.8 Å². The lowest BCUT2D eigenvalue weighted by Crippen LogP contribution is -2.20. The Balaban J connectivity index is 1.55. The van der Waals surface area contributed by atoms with Crippen LogP contribution in [0.3, 0.4) is 0 Å². The Hall–Kier alpha value is -3.38. The maximum atomic E-state index is 13.0. The number of halogens is 2. The van der Waals surface area contributed by atoms with Gasteiger partial charge in [-0.2, -0.15) is 0 Å². The fraction of sp³-hybridized carbons (Fsp3) is 0.0909. The quantitative estimate of drug-likeness (QED) is 0.464. The zero-order valence-corrected chi connectivity index (χ0v) is 16.2. The van der Waals surface area contributed by atoms with Crippen LogP contribution in [0.15, 0.2) is 60.7 Å². The second-order valence-corrected chi connectivity index (χ2v) is 6.49. The van der Waals surface area contributed by atoms with Crippen LogP contribution in [0.5, 0.6) is 5.75 Å². The smallest absolute Gasteiger partial charge is 0.331 e. The number of ether oxygens (including phenoxy) is 2. The van der Waals surface area contributed by atoms with Crippen molar-refractivity contribution in [3.05, 3.63) is 77.1 Å². The van der Waals surface area contributed by atoms with Crippen LogP contribution < -0.4 is 10.1 Å². The minimum absolute atomic E-state index is 0.0542. The number of nitrogens with one attached hydrogen (secondary N) is 1. The van der Waals surface area contributed by atoms with Crippen LogP contribution in [0, 0.1) is 5.82 Å². The Morgan fingerprint density at radius 3 is 2.59 bits per heavy atom. The predicted molar refractivity (Wildman–Crippen MR) is 111 cm³/mol. The molecule has 0 saturated carbocycles. The highest BCUT2D eigenvalue weighted by molar-refractivity contribution is 6.33. The van der Waals surface area contributed by atoms with Crippen LogP contribution in [0.25, 0.3) is 16.8 Å². The standard InChI is InChI=1S/C22H17ClFNO4/c1-28-18-7-5-15-10-14(2-4-16(15)11-18)3-9-22(27)29-13-21(26)25-20-8-6-17(24)12-19(20)23/h2-12H,13H2,1H3,(H,25,26)/b9-3+. The fourth-order valence-corrected chi connectivity index (χ4v) is 2.81. The van der Waals surface area contributed by atoms with E-state index in [1.54, 1.807) is 13.2 Å². The number of rotatable bonds is 6. The molecule has 1 amide bonds. The van der Waals surface area contributed by atoms with Crippen molar-refractivity contribution in [2.45, 2.75) is 0 Å². The van der Waals surface area contributed by atoms with Crippen molar-refractivity contribution in [3.63, 3.8) is 0 Å².